The van der Waals surface area contributed by atoms with Gasteiger partial charge < -0.3 is 9.47 Å². The Morgan fingerprint density at radius 1 is 0.491 bits per heavy atom. The van der Waals surface area contributed by atoms with Gasteiger partial charge in [0.25, 0.3) is 0 Å². The largest absolute Gasteiger partial charge is 0.333 e. The molecule has 11 rings (SSSR count). The molecule has 1 atom stereocenters. The molecule has 5 heteroatoms. The topological polar surface area (TPSA) is 32.9 Å². The van der Waals surface area contributed by atoms with Crippen molar-refractivity contribution in [3.05, 3.63) is 211 Å². The van der Waals surface area contributed by atoms with E-state index in [0.717, 1.165) is 34.0 Å². The molecule has 0 fully saturated rings. The Morgan fingerprint density at radius 2 is 1.11 bits per heavy atom. The van der Waals surface area contributed by atoms with Crippen LogP contribution in [0, 0.1) is 0 Å². The van der Waals surface area contributed by atoms with E-state index < -0.39 is 0 Å². The second-order valence-electron chi connectivity index (χ2n) is 14.6. The van der Waals surface area contributed by atoms with Crippen LogP contribution in [0.2, 0.25) is 0 Å². The highest BCUT2D eigenvalue weighted by Crippen LogP contribution is 2.44. The molecule has 3 heterocycles. The van der Waals surface area contributed by atoms with E-state index in [1.54, 1.807) is 0 Å². The zero-order valence-electron chi connectivity index (χ0n) is 31.2. The number of amidine groups is 2. The van der Waals surface area contributed by atoms with E-state index in [9.17, 15) is 0 Å². The third-order valence-electron chi connectivity index (χ3n) is 11.3. The summed E-state index contributed by atoms with van der Waals surface area (Å²) in [4.78, 5) is 12.8. The molecule has 8 aromatic carbocycles. The zero-order chi connectivity index (χ0) is 37.9. The lowest BCUT2D eigenvalue weighted by Crippen LogP contribution is -2.35. The van der Waals surface area contributed by atoms with Crippen LogP contribution in [0.25, 0.3) is 69.9 Å². The van der Waals surface area contributed by atoms with Crippen molar-refractivity contribution in [1.29, 1.82) is 0 Å². The number of hydrogen-bond donors (Lipinski definition) is 0. The molecule has 0 amide bonds. The summed E-state index contributed by atoms with van der Waals surface area (Å²) >= 11 is 1.88. The lowest BCUT2D eigenvalue weighted by Gasteiger charge is -2.32. The van der Waals surface area contributed by atoms with Gasteiger partial charge >= 0.3 is 0 Å². The van der Waals surface area contributed by atoms with E-state index in [4.69, 9.17) is 9.98 Å². The fraction of sp³-hybridized carbons (Fsp3) is 0.0385. The van der Waals surface area contributed by atoms with E-state index in [1.807, 2.05) is 23.5 Å². The van der Waals surface area contributed by atoms with E-state index in [0.29, 0.717) is 0 Å². The molecular formula is C52H36N4S. The summed E-state index contributed by atoms with van der Waals surface area (Å²) in [5.74, 6) is 1.61. The molecule has 0 spiro atoms. The van der Waals surface area contributed by atoms with Crippen LogP contribution < -0.4 is 0 Å². The quantitative estimate of drug-likeness (QED) is 0.167. The van der Waals surface area contributed by atoms with Crippen molar-refractivity contribution in [3.8, 4) is 27.9 Å². The molecular weight excluding hydrogens is 713 g/mol. The molecule has 57 heavy (non-hydrogen) atoms. The number of fused-ring (bicyclic) bond motifs is 6. The molecule has 0 radical (unpaired) electrons. The molecule has 270 valence electrons. The normalized spacial score (nSPS) is 14.4. The molecule has 0 N–H and O–H groups in total. The molecule has 0 bridgehead atoms. The van der Waals surface area contributed by atoms with E-state index in [1.165, 1.54) is 64.2 Å². The number of benzene rings is 8. The minimum Gasteiger partial charge on any atom is -0.333 e. The van der Waals surface area contributed by atoms with Gasteiger partial charge in [0.2, 0.25) is 0 Å². The summed E-state index contributed by atoms with van der Waals surface area (Å²) in [5, 5.41) is 5.08. The molecule has 0 aliphatic carbocycles. The Bertz CT molecular complexity index is 3190. The molecule has 10 aromatic rings. The predicted molar refractivity (Wildman–Crippen MR) is 241 cm³/mol. The second kappa shape index (κ2) is 13.6. The molecule has 4 nitrogen and oxygen atoms in total. The van der Waals surface area contributed by atoms with Crippen molar-refractivity contribution in [1.82, 2.24) is 9.47 Å². The van der Waals surface area contributed by atoms with Gasteiger partial charge in [-0.25, -0.2) is 9.98 Å². The van der Waals surface area contributed by atoms with E-state index >= 15 is 0 Å². The van der Waals surface area contributed by atoms with Crippen molar-refractivity contribution >= 4 is 65.0 Å². The first-order chi connectivity index (χ1) is 28.2. The van der Waals surface area contributed by atoms with Gasteiger partial charge in [0.05, 0.1) is 11.0 Å². The Kier molecular flexibility index (Phi) is 7.93. The number of rotatable bonds is 6. The van der Waals surface area contributed by atoms with Gasteiger partial charge in [0, 0.05) is 65.9 Å². The van der Waals surface area contributed by atoms with Crippen molar-refractivity contribution < 1.29 is 0 Å². The smallest absolute Gasteiger partial charge is 0.159 e. The lowest BCUT2D eigenvalue weighted by atomic mass is 10.00. The van der Waals surface area contributed by atoms with Crippen LogP contribution in [-0.4, -0.2) is 28.2 Å². The third-order valence-corrected chi connectivity index (χ3v) is 12.5. The number of nitrogens with zero attached hydrogens (tertiary/aromatic N) is 4. The maximum Gasteiger partial charge on any atom is 0.159 e. The molecule has 0 saturated carbocycles. The first-order valence-corrected chi connectivity index (χ1v) is 20.1. The molecule has 0 saturated heterocycles. The second-order valence-corrected chi connectivity index (χ2v) is 15.7. The van der Waals surface area contributed by atoms with Crippen LogP contribution in [0.3, 0.4) is 0 Å². The number of thiophene rings is 1. The summed E-state index contributed by atoms with van der Waals surface area (Å²) in [6.07, 6.45) is -0.304. The number of aliphatic imine (C=N–C) groups is 2. The fourth-order valence-corrected chi connectivity index (χ4v) is 9.78. The van der Waals surface area contributed by atoms with Crippen molar-refractivity contribution in [2.24, 2.45) is 9.98 Å². The average molecular weight is 749 g/mol. The SMILES string of the molecule is CN1C(c2ccccc2)=NC(c2ccc(-c3ccccc3)cc2)=NC1c1cccc(-n2c3ccccc3c3cccc(-c4cccc5c4sc4ccccc45)c32)c1. The molecule has 1 unspecified atom stereocenters. The van der Waals surface area contributed by atoms with E-state index in [-0.39, 0.29) is 6.17 Å². The van der Waals surface area contributed by atoms with E-state index in [2.05, 4.69) is 199 Å². The summed E-state index contributed by atoms with van der Waals surface area (Å²) in [5.41, 5.74) is 11.4. The van der Waals surface area contributed by atoms with Crippen LogP contribution >= 0.6 is 11.3 Å². The first-order valence-electron chi connectivity index (χ1n) is 19.3. The minimum absolute atomic E-state index is 0.304. The summed E-state index contributed by atoms with van der Waals surface area (Å²) in [6.45, 7) is 0. The van der Waals surface area contributed by atoms with Crippen molar-refractivity contribution in [3.63, 3.8) is 0 Å². The van der Waals surface area contributed by atoms with Crippen LogP contribution in [0.1, 0.15) is 22.9 Å². The van der Waals surface area contributed by atoms with Gasteiger partial charge in [-0.3, -0.25) is 0 Å². The van der Waals surface area contributed by atoms with Crippen LogP contribution in [0.15, 0.2) is 204 Å². The van der Waals surface area contributed by atoms with Gasteiger partial charge in [0.15, 0.2) is 12.0 Å². The minimum atomic E-state index is -0.304. The fourth-order valence-electron chi connectivity index (χ4n) is 8.55. The lowest BCUT2D eigenvalue weighted by molar-refractivity contribution is 0.383. The van der Waals surface area contributed by atoms with Gasteiger partial charge in [-0.05, 0) is 41.0 Å². The standard InChI is InChI=1S/C52H36N4S/c1-55-51(37-17-6-3-7-18-37)53-50(36-31-29-35(30-32-36)34-15-4-2-5-16-34)54-52(55)38-19-12-20-39(33-38)56-46-27-10-8-21-40(46)42-23-13-24-43(48(42)56)45-26-14-25-44-41-22-9-11-28-47(41)57-49(44)45/h2-33,52H,1H3. The Hall–Kier alpha value is -7.08. The monoisotopic (exact) mass is 748 g/mol. The average Bonchev–Trinajstić information content (AvgIpc) is 3.84. The highest BCUT2D eigenvalue weighted by atomic mass is 32.1. The van der Waals surface area contributed by atoms with Crippen molar-refractivity contribution in [2.45, 2.75) is 6.17 Å². The number of aromatic nitrogens is 1. The Labute approximate surface area is 335 Å². The van der Waals surface area contributed by atoms with Gasteiger partial charge in [-0.2, -0.15) is 0 Å². The summed E-state index contributed by atoms with van der Waals surface area (Å²) in [6, 6.07) is 69.5. The van der Waals surface area contributed by atoms with Gasteiger partial charge in [-0.15, -0.1) is 11.3 Å². The Morgan fingerprint density at radius 3 is 1.91 bits per heavy atom. The maximum absolute atomic E-state index is 5.40. The van der Waals surface area contributed by atoms with Gasteiger partial charge in [-0.1, -0.05) is 170 Å². The highest BCUT2D eigenvalue weighted by molar-refractivity contribution is 7.26. The number of hydrogen-bond acceptors (Lipinski definition) is 4. The highest BCUT2D eigenvalue weighted by Gasteiger charge is 2.28. The van der Waals surface area contributed by atoms with Gasteiger partial charge in [0.1, 0.15) is 5.84 Å². The van der Waals surface area contributed by atoms with Crippen molar-refractivity contribution in [2.75, 3.05) is 7.05 Å². The predicted octanol–water partition coefficient (Wildman–Crippen LogP) is 13.3. The van der Waals surface area contributed by atoms with Crippen LogP contribution in [0.5, 0.6) is 0 Å². The van der Waals surface area contributed by atoms with Crippen LogP contribution in [-0.2, 0) is 0 Å². The molecule has 1 aliphatic rings. The Balaban J connectivity index is 1.08. The molecule has 1 aliphatic heterocycles. The number of para-hydroxylation sites is 2. The first kappa shape index (κ1) is 33.3. The maximum atomic E-state index is 5.40. The summed E-state index contributed by atoms with van der Waals surface area (Å²) in [7, 11) is 2.10. The molecule has 2 aromatic heterocycles. The zero-order valence-corrected chi connectivity index (χ0v) is 32.1. The summed E-state index contributed by atoms with van der Waals surface area (Å²) < 4.78 is 5.08. The van der Waals surface area contributed by atoms with Crippen LogP contribution in [0.4, 0.5) is 0 Å². The third kappa shape index (κ3) is 5.58.